The predicted molar refractivity (Wildman–Crippen MR) is 93.0 cm³/mol. The van der Waals surface area contributed by atoms with Gasteiger partial charge in [0, 0.05) is 17.0 Å². The Morgan fingerprint density at radius 2 is 1.88 bits per heavy atom. The van der Waals surface area contributed by atoms with Crippen LogP contribution in [0.2, 0.25) is 0 Å². The summed E-state index contributed by atoms with van der Waals surface area (Å²) in [4.78, 5) is 16.5. The Balaban J connectivity index is 2.25. The fraction of sp³-hybridized carbons (Fsp3) is 0.316. The SMILES string of the molecule is CCOC(=O)c1cc(-c2ccc(F)cc2)n2nc(C(C)(C)C)cc2n1. The third-order valence-electron chi connectivity index (χ3n) is 3.82. The Morgan fingerprint density at radius 1 is 1.20 bits per heavy atom. The first kappa shape index (κ1) is 17.1. The van der Waals surface area contributed by atoms with Crippen LogP contribution in [0, 0.1) is 5.82 Å². The van der Waals surface area contributed by atoms with Gasteiger partial charge in [0.25, 0.3) is 0 Å². The summed E-state index contributed by atoms with van der Waals surface area (Å²) in [5.74, 6) is -0.817. The number of benzene rings is 1. The standard InChI is InChI=1S/C19H20FN3O2/c1-5-25-18(24)14-10-15(12-6-8-13(20)9-7-12)23-17(21-14)11-16(22-23)19(2,3)4/h6-11H,5H2,1-4H3. The third-order valence-corrected chi connectivity index (χ3v) is 3.82. The van der Waals surface area contributed by atoms with Crippen molar-refractivity contribution in [3.8, 4) is 11.3 Å². The molecular formula is C19H20FN3O2. The normalized spacial score (nSPS) is 11.7. The zero-order valence-electron chi connectivity index (χ0n) is 14.7. The average molecular weight is 341 g/mol. The molecule has 5 nitrogen and oxygen atoms in total. The Labute approximate surface area is 145 Å². The van der Waals surface area contributed by atoms with E-state index in [-0.39, 0.29) is 23.5 Å². The molecule has 130 valence electrons. The molecule has 3 aromatic rings. The maximum atomic E-state index is 13.3. The van der Waals surface area contributed by atoms with Gasteiger partial charge in [0.1, 0.15) is 5.82 Å². The van der Waals surface area contributed by atoms with Crippen molar-refractivity contribution in [3.05, 3.63) is 53.6 Å². The number of fused-ring (bicyclic) bond motifs is 1. The number of rotatable bonds is 3. The van der Waals surface area contributed by atoms with Crippen LogP contribution < -0.4 is 0 Å². The van der Waals surface area contributed by atoms with E-state index < -0.39 is 5.97 Å². The Bertz CT molecular complexity index is 924. The molecule has 0 saturated heterocycles. The van der Waals surface area contributed by atoms with Gasteiger partial charge in [-0.15, -0.1) is 0 Å². The molecule has 0 saturated carbocycles. The lowest BCUT2D eigenvalue weighted by Crippen LogP contribution is -2.12. The first-order chi connectivity index (χ1) is 11.8. The highest BCUT2D eigenvalue weighted by molar-refractivity contribution is 5.89. The first-order valence-corrected chi connectivity index (χ1v) is 8.14. The van der Waals surface area contributed by atoms with E-state index >= 15 is 0 Å². The summed E-state index contributed by atoms with van der Waals surface area (Å²) in [5.41, 5.74) is 2.83. The van der Waals surface area contributed by atoms with Crippen LogP contribution in [0.15, 0.2) is 36.4 Å². The van der Waals surface area contributed by atoms with Crippen molar-refractivity contribution < 1.29 is 13.9 Å². The lowest BCUT2D eigenvalue weighted by molar-refractivity contribution is 0.0519. The summed E-state index contributed by atoms with van der Waals surface area (Å²) >= 11 is 0. The molecule has 0 bridgehead atoms. The van der Waals surface area contributed by atoms with Gasteiger partial charge >= 0.3 is 5.97 Å². The van der Waals surface area contributed by atoms with Gasteiger partial charge in [-0.25, -0.2) is 18.7 Å². The number of halogens is 1. The van der Waals surface area contributed by atoms with E-state index in [9.17, 15) is 9.18 Å². The molecule has 3 rings (SSSR count). The van der Waals surface area contributed by atoms with Gasteiger partial charge in [-0.3, -0.25) is 0 Å². The Morgan fingerprint density at radius 3 is 2.48 bits per heavy atom. The number of carbonyl (C=O) groups excluding carboxylic acids is 1. The minimum atomic E-state index is -0.494. The van der Waals surface area contributed by atoms with Gasteiger partial charge in [-0.2, -0.15) is 5.10 Å². The van der Waals surface area contributed by atoms with Crippen molar-refractivity contribution in [1.29, 1.82) is 0 Å². The highest BCUT2D eigenvalue weighted by atomic mass is 19.1. The van der Waals surface area contributed by atoms with Crippen LogP contribution >= 0.6 is 0 Å². The van der Waals surface area contributed by atoms with Crippen LogP contribution in [0.5, 0.6) is 0 Å². The van der Waals surface area contributed by atoms with Crippen molar-refractivity contribution in [3.63, 3.8) is 0 Å². The van der Waals surface area contributed by atoms with E-state index in [0.29, 0.717) is 11.3 Å². The summed E-state index contributed by atoms with van der Waals surface area (Å²) in [6.45, 7) is 8.17. The van der Waals surface area contributed by atoms with Crippen molar-refractivity contribution >= 4 is 11.6 Å². The predicted octanol–water partition coefficient (Wildman–Crippen LogP) is 4.01. The summed E-state index contributed by atoms with van der Waals surface area (Å²) in [5, 5.41) is 4.64. The average Bonchev–Trinajstić information content (AvgIpc) is 2.99. The van der Waals surface area contributed by atoms with E-state index in [1.807, 2.05) is 6.07 Å². The second kappa shape index (κ2) is 6.27. The number of carbonyl (C=O) groups is 1. The zero-order chi connectivity index (χ0) is 18.2. The molecule has 0 aliphatic carbocycles. The summed E-state index contributed by atoms with van der Waals surface area (Å²) in [6, 6.07) is 9.53. The summed E-state index contributed by atoms with van der Waals surface area (Å²) in [7, 11) is 0. The largest absolute Gasteiger partial charge is 0.461 e. The molecule has 2 aromatic heterocycles. The highest BCUT2D eigenvalue weighted by Gasteiger charge is 2.21. The van der Waals surface area contributed by atoms with Gasteiger partial charge < -0.3 is 4.74 Å². The van der Waals surface area contributed by atoms with E-state index in [1.165, 1.54) is 12.1 Å². The molecule has 0 atom stereocenters. The molecule has 0 aliphatic rings. The maximum absolute atomic E-state index is 13.3. The van der Waals surface area contributed by atoms with Crippen molar-refractivity contribution in [2.45, 2.75) is 33.1 Å². The molecule has 2 heterocycles. The summed E-state index contributed by atoms with van der Waals surface area (Å²) < 4.78 is 20.0. The van der Waals surface area contributed by atoms with Gasteiger partial charge in [0.15, 0.2) is 11.3 Å². The van der Waals surface area contributed by atoms with Crippen LogP contribution in [-0.2, 0) is 10.2 Å². The molecule has 0 radical (unpaired) electrons. The molecule has 0 unspecified atom stereocenters. The topological polar surface area (TPSA) is 56.5 Å². The maximum Gasteiger partial charge on any atom is 0.357 e. The van der Waals surface area contributed by atoms with Crippen molar-refractivity contribution in [2.75, 3.05) is 6.61 Å². The molecule has 6 heteroatoms. The smallest absolute Gasteiger partial charge is 0.357 e. The van der Waals surface area contributed by atoms with Crippen LogP contribution in [-0.4, -0.2) is 27.2 Å². The molecule has 1 aromatic carbocycles. The minimum Gasteiger partial charge on any atom is -0.461 e. The van der Waals surface area contributed by atoms with Gasteiger partial charge in [0.2, 0.25) is 0 Å². The number of nitrogens with zero attached hydrogens (tertiary/aromatic N) is 3. The molecule has 0 aliphatic heterocycles. The lowest BCUT2D eigenvalue weighted by Gasteiger charge is -2.13. The Hall–Kier alpha value is -2.76. The quantitative estimate of drug-likeness (QED) is 0.676. The van der Waals surface area contributed by atoms with E-state index in [0.717, 1.165) is 11.3 Å². The van der Waals surface area contributed by atoms with Crippen molar-refractivity contribution in [1.82, 2.24) is 14.6 Å². The molecule has 0 fully saturated rings. The molecule has 0 amide bonds. The summed E-state index contributed by atoms with van der Waals surface area (Å²) in [6.07, 6.45) is 0. The van der Waals surface area contributed by atoms with Crippen LogP contribution in [0.3, 0.4) is 0 Å². The van der Waals surface area contributed by atoms with E-state index in [4.69, 9.17) is 4.74 Å². The monoisotopic (exact) mass is 341 g/mol. The van der Waals surface area contributed by atoms with Gasteiger partial charge in [0.05, 0.1) is 18.0 Å². The number of esters is 1. The molecule has 0 N–H and O–H groups in total. The number of aromatic nitrogens is 3. The van der Waals surface area contributed by atoms with E-state index in [2.05, 4.69) is 30.9 Å². The van der Waals surface area contributed by atoms with Gasteiger partial charge in [-0.05, 0) is 37.3 Å². The molecular weight excluding hydrogens is 321 g/mol. The fourth-order valence-electron chi connectivity index (χ4n) is 2.48. The molecule has 0 spiro atoms. The van der Waals surface area contributed by atoms with Crippen LogP contribution in [0.25, 0.3) is 16.9 Å². The van der Waals surface area contributed by atoms with Gasteiger partial charge in [-0.1, -0.05) is 20.8 Å². The van der Waals surface area contributed by atoms with Crippen LogP contribution in [0.4, 0.5) is 4.39 Å². The second-order valence-corrected chi connectivity index (χ2v) is 6.80. The van der Waals surface area contributed by atoms with E-state index in [1.54, 1.807) is 29.6 Å². The number of ether oxygens (including phenoxy) is 1. The minimum absolute atomic E-state index is 0.169. The number of hydrogen-bond donors (Lipinski definition) is 0. The number of hydrogen-bond acceptors (Lipinski definition) is 4. The Kier molecular flexibility index (Phi) is 4.29. The van der Waals surface area contributed by atoms with Crippen LogP contribution in [0.1, 0.15) is 43.9 Å². The third kappa shape index (κ3) is 3.38. The highest BCUT2D eigenvalue weighted by Crippen LogP contribution is 2.26. The lowest BCUT2D eigenvalue weighted by atomic mass is 9.93. The first-order valence-electron chi connectivity index (χ1n) is 8.14. The zero-order valence-corrected chi connectivity index (χ0v) is 14.7. The fourth-order valence-corrected chi connectivity index (χ4v) is 2.48. The van der Waals surface area contributed by atoms with Crippen molar-refractivity contribution in [2.24, 2.45) is 0 Å². The molecule has 25 heavy (non-hydrogen) atoms. The second-order valence-electron chi connectivity index (χ2n) is 6.80.